The molecule has 0 aliphatic heterocycles. The minimum absolute atomic E-state index is 0.0263. The molecule has 1 aromatic rings. The van der Waals surface area contributed by atoms with Crippen LogP contribution in [0.5, 0.6) is 5.75 Å². The van der Waals surface area contributed by atoms with E-state index in [0.29, 0.717) is 0 Å². The molecule has 0 saturated heterocycles. The van der Waals surface area contributed by atoms with E-state index in [-0.39, 0.29) is 29.9 Å². The van der Waals surface area contributed by atoms with Crippen LogP contribution in [-0.2, 0) is 4.43 Å². The Morgan fingerprint density at radius 1 is 1.04 bits per heavy atom. The summed E-state index contributed by atoms with van der Waals surface area (Å²) in [5, 5.41) is 20.1. The van der Waals surface area contributed by atoms with E-state index in [2.05, 4.69) is 9.16 Å². The Labute approximate surface area is 129 Å². The maximum Gasteiger partial charge on any atom is 0.412 e. The second-order valence-electron chi connectivity index (χ2n) is 4.27. The molecule has 1 aromatic carbocycles. The van der Waals surface area contributed by atoms with Crippen molar-refractivity contribution in [1.82, 2.24) is 5.32 Å². The summed E-state index contributed by atoms with van der Waals surface area (Å²) in [6.07, 6.45) is -1.80. The van der Waals surface area contributed by atoms with E-state index in [1.54, 1.807) is 0 Å². The Morgan fingerprint density at radius 2 is 1.52 bits per heavy atom. The Morgan fingerprint density at radius 3 is 2.00 bits per heavy atom. The van der Waals surface area contributed by atoms with E-state index in [9.17, 15) is 26.7 Å². The first-order valence-corrected chi connectivity index (χ1v) is 6.89. The van der Waals surface area contributed by atoms with Crippen LogP contribution < -0.4 is 10.1 Å². The second kappa shape index (κ2) is 7.67. The van der Waals surface area contributed by atoms with E-state index in [4.69, 9.17) is 10.2 Å². The molecule has 0 heterocycles. The van der Waals surface area contributed by atoms with Gasteiger partial charge in [0.05, 0.1) is 0 Å². The number of benzene rings is 1. The molecule has 0 aliphatic carbocycles. The van der Waals surface area contributed by atoms with Crippen LogP contribution in [0, 0.1) is 29.1 Å². The monoisotopic (exact) mass is 361 g/mol. The molecule has 3 N–H and O–H groups in total. The van der Waals surface area contributed by atoms with Gasteiger partial charge in [-0.1, -0.05) is 0 Å². The predicted octanol–water partition coefficient (Wildman–Crippen LogP) is 0.186. The summed E-state index contributed by atoms with van der Waals surface area (Å²) in [6, 6.07) is 0. The van der Waals surface area contributed by atoms with Crippen molar-refractivity contribution >= 4 is 16.6 Å². The molecule has 130 valence electrons. The van der Waals surface area contributed by atoms with Crippen LogP contribution in [0.2, 0.25) is 0 Å². The maximum absolute atomic E-state index is 13.2. The fraction of sp³-hybridized carbons (Fsp3) is 0.364. The molecule has 0 bridgehead atoms. The summed E-state index contributed by atoms with van der Waals surface area (Å²) in [5.41, 5.74) is 0. The summed E-state index contributed by atoms with van der Waals surface area (Å²) in [6.45, 7) is -0.234. The summed E-state index contributed by atoms with van der Waals surface area (Å²) in [7, 11) is 0.0441. The lowest BCUT2D eigenvalue weighted by atomic mass is 10.2. The van der Waals surface area contributed by atoms with Crippen molar-refractivity contribution in [3.05, 3.63) is 29.1 Å². The van der Waals surface area contributed by atoms with Crippen LogP contribution in [0.25, 0.3) is 0 Å². The molecule has 0 aliphatic rings. The lowest BCUT2D eigenvalue weighted by Crippen LogP contribution is -2.34. The first kappa shape index (κ1) is 19.3. The second-order valence-corrected chi connectivity index (χ2v) is 4.67. The molecule has 1 rings (SSSR count). The largest absolute Gasteiger partial charge is 0.412 e. The number of amides is 1. The molecule has 12 heteroatoms. The fourth-order valence-electron chi connectivity index (χ4n) is 1.41. The smallest absolute Gasteiger partial charge is 0.404 e. The van der Waals surface area contributed by atoms with Crippen molar-refractivity contribution in [3.63, 3.8) is 0 Å². The quantitative estimate of drug-likeness (QED) is 0.168. The third kappa shape index (κ3) is 4.85. The maximum atomic E-state index is 13.2. The average Bonchev–Trinajstić information content (AvgIpc) is 2.52. The molecule has 0 aromatic heterocycles. The number of hydrogen-bond donors (Lipinski definition) is 3. The Kier molecular flexibility index (Phi) is 6.43. The summed E-state index contributed by atoms with van der Waals surface area (Å²) in [4.78, 5) is 11.3. The number of hydrogen-bond acceptors (Lipinski definition) is 5. The highest BCUT2D eigenvalue weighted by molar-refractivity contribution is 5.98. The van der Waals surface area contributed by atoms with Gasteiger partial charge in [-0.25, -0.2) is 18.0 Å². The molecule has 1 amide bonds. The number of nitrogens with one attached hydrogen (secondary N) is 1. The molecular formula is C11H12F5NO5Si. The summed E-state index contributed by atoms with van der Waals surface area (Å²) >= 11 is 0. The van der Waals surface area contributed by atoms with E-state index in [1.165, 1.54) is 0 Å². The van der Waals surface area contributed by atoms with Crippen molar-refractivity contribution in [3.8, 4) is 5.75 Å². The zero-order valence-electron chi connectivity index (χ0n) is 11.6. The first-order valence-electron chi connectivity index (χ1n) is 6.07. The van der Waals surface area contributed by atoms with Crippen molar-refractivity contribution < 1.29 is 46.1 Å². The number of ether oxygens (including phenoxy) is 1. The predicted molar refractivity (Wildman–Crippen MR) is 67.7 cm³/mol. The zero-order valence-corrected chi connectivity index (χ0v) is 13.6. The zero-order chi connectivity index (χ0) is 17.8. The molecule has 0 unspecified atom stereocenters. The highest BCUT2D eigenvalue weighted by Gasteiger charge is 2.28. The summed E-state index contributed by atoms with van der Waals surface area (Å²) < 4.78 is 73.5. The standard InChI is InChI=1S/C11H12F5NO5Si/c12-4-5(13)7(15)9(8(16)6(4)14)21-10(18)17-3-1-2-11(19,20)22-23/h19-20H,1-3H2,23H3,(H,17,18). The highest BCUT2D eigenvalue weighted by atomic mass is 28.2. The van der Waals surface area contributed by atoms with Crippen LogP contribution in [0.4, 0.5) is 26.7 Å². The van der Waals surface area contributed by atoms with Crippen LogP contribution >= 0.6 is 0 Å². The van der Waals surface area contributed by atoms with Crippen molar-refractivity contribution in [2.24, 2.45) is 0 Å². The SMILES string of the molecule is O=C(NCCCC(O)(O)O[SiH3])Oc1c(F)c(F)c(F)c(F)c1F. The number of aliphatic hydroxyl groups is 2. The lowest BCUT2D eigenvalue weighted by Gasteiger charge is -2.19. The first-order chi connectivity index (χ1) is 10.6. The van der Waals surface area contributed by atoms with Gasteiger partial charge in [-0.3, -0.25) is 0 Å². The molecule has 0 radical (unpaired) electrons. The minimum Gasteiger partial charge on any atom is -0.404 e. The molecule has 0 fully saturated rings. The van der Waals surface area contributed by atoms with E-state index in [1.807, 2.05) is 5.32 Å². The fourth-order valence-corrected chi connectivity index (χ4v) is 1.62. The van der Waals surface area contributed by atoms with Gasteiger partial charge in [0.15, 0.2) is 10.5 Å². The number of halogens is 5. The Bertz CT molecular complexity index is 572. The van der Waals surface area contributed by atoms with Crippen molar-refractivity contribution in [1.29, 1.82) is 0 Å². The highest BCUT2D eigenvalue weighted by Crippen LogP contribution is 2.29. The molecule has 23 heavy (non-hydrogen) atoms. The molecule has 0 saturated carbocycles. The van der Waals surface area contributed by atoms with Crippen LogP contribution in [0.3, 0.4) is 0 Å². The van der Waals surface area contributed by atoms with Gasteiger partial charge in [0.25, 0.3) is 5.97 Å². The Balaban J connectivity index is 2.66. The number of carbonyl (C=O) groups is 1. The van der Waals surface area contributed by atoms with Gasteiger partial charge in [0, 0.05) is 13.0 Å². The lowest BCUT2D eigenvalue weighted by molar-refractivity contribution is -0.295. The van der Waals surface area contributed by atoms with Gasteiger partial charge < -0.3 is 24.7 Å². The van der Waals surface area contributed by atoms with Gasteiger partial charge in [-0.05, 0) is 6.42 Å². The van der Waals surface area contributed by atoms with Crippen LogP contribution in [0.1, 0.15) is 12.8 Å². The van der Waals surface area contributed by atoms with Gasteiger partial charge in [0.2, 0.25) is 34.8 Å². The minimum atomic E-state index is -2.38. The Hall–Kier alpha value is -1.76. The third-order valence-electron chi connectivity index (χ3n) is 2.64. The van der Waals surface area contributed by atoms with E-state index in [0.717, 1.165) is 0 Å². The topological polar surface area (TPSA) is 88.0 Å². The van der Waals surface area contributed by atoms with Gasteiger partial charge in [0.1, 0.15) is 0 Å². The van der Waals surface area contributed by atoms with Crippen LogP contribution in [0.15, 0.2) is 0 Å². The summed E-state index contributed by atoms with van der Waals surface area (Å²) in [5.74, 6) is -15.5. The van der Waals surface area contributed by atoms with Gasteiger partial charge >= 0.3 is 6.09 Å². The number of rotatable bonds is 6. The molecule has 0 spiro atoms. The van der Waals surface area contributed by atoms with E-state index >= 15 is 0 Å². The molecular weight excluding hydrogens is 349 g/mol. The van der Waals surface area contributed by atoms with Gasteiger partial charge in [-0.15, -0.1) is 0 Å². The van der Waals surface area contributed by atoms with E-state index < -0.39 is 46.9 Å². The number of carbonyl (C=O) groups excluding carboxylic acids is 1. The molecule has 6 nitrogen and oxygen atoms in total. The third-order valence-corrected chi connectivity index (χ3v) is 3.29. The average molecular weight is 361 g/mol. The van der Waals surface area contributed by atoms with Crippen LogP contribution in [-0.4, -0.2) is 39.3 Å². The van der Waals surface area contributed by atoms with Crippen molar-refractivity contribution in [2.45, 2.75) is 18.8 Å². The normalized spacial score (nSPS) is 11.6. The molecule has 0 atom stereocenters. The van der Waals surface area contributed by atoms with Gasteiger partial charge in [-0.2, -0.15) is 8.78 Å². The van der Waals surface area contributed by atoms with Crippen molar-refractivity contribution in [2.75, 3.05) is 6.54 Å².